The number of hydrogen-bond acceptors (Lipinski definition) is 3. The van der Waals surface area contributed by atoms with Gasteiger partial charge in [-0.25, -0.2) is 4.79 Å². The van der Waals surface area contributed by atoms with Crippen LogP contribution >= 0.6 is 15.9 Å². The molecule has 1 atom stereocenters. The number of carbonyl (C=O) groups is 1. The second kappa shape index (κ2) is 4.84. The van der Waals surface area contributed by atoms with Gasteiger partial charge in [0.2, 0.25) is 0 Å². The minimum absolute atomic E-state index is 0.0420. The van der Waals surface area contributed by atoms with Crippen LogP contribution in [-0.2, 0) is 4.79 Å². The zero-order valence-electron chi connectivity index (χ0n) is 9.12. The molecular formula is C11H14BrNO3. The number of halogens is 1. The third kappa shape index (κ3) is 3.21. The van der Waals surface area contributed by atoms with Crippen LogP contribution in [0.15, 0.2) is 22.7 Å². The molecule has 0 aliphatic rings. The van der Waals surface area contributed by atoms with E-state index in [4.69, 9.17) is 5.11 Å². The third-order valence-corrected chi connectivity index (χ3v) is 2.78. The van der Waals surface area contributed by atoms with E-state index in [2.05, 4.69) is 21.2 Å². The second-order valence-corrected chi connectivity index (χ2v) is 4.81. The van der Waals surface area contributed by atoms with Crippen molar-refractivity contribution in [1.29, 1.82) is 0 Å². The van der Waals surface area contributed by atoms with E-state index in [1.54, 1.807) is 0 Å². The van der Waals surface area contributed by atoms with Gasteiger partial charge in [-0.05, 0) is 31.5 Å². The van der Waals surface area contributed by atoms with E-state index in [1.165, 1.54) is 6.92 Å². The summed E-state index contributed by atoms with van der Waals surface area (Å²) in [5.41, 5.74) is 0.0228. The molecule has 0 fully saturated rings. The number of benzene rings is 1. The fraction of sp³-hybridized carbons (Fsp3) is 0.364. The van der Waals surface area contributed by atoms with Crippen molar-refractivity contribution in [2.24, 2.45) is 0 Å². The molecule has 0 radical (unpaired) electrons. The molecule has 3 N–H and O–H groups in total. The number of carboxylic acids is 1. The molecule has 0 aliphatic carbocycles. The molecule has 4 nitrogen and oxygen atoms in total. The molecule has 16 heavy (non-hydrogen) atoms. The Hall–Kier alpha value is -1.07. The number of carboxylic acid groups (broad SMARTS) is 1. The fourth-order valence-corrected chi connectivity index (χ4v) is 1.49. The topological polar surface area (TPSA) is 69.6 Å². The largest absolute Gasteiger partial charge is 0.479 e. The zero-order chi connectivity index (χ0) is 12.3. The lowest BCUT2D eigenvalue weighted by Gasteiger charge is -2.20. The standard InChI is InChI=1S/C11H14BrNO3/c1-7-3-4-8(12)5-9(7)13-6-11(2,16)10(14)15/h3-5,13,16H,6H2,1-2H3,(H,14,15). The molecule has 0 aromatic heterocycles. The molecule has 0 spiro atoms. The van der Waals surface area contributed by atoms with Crippen molar-refractivity contribution in [2.45, 2.75) is 19.4 Å². The van der Waals surface area contributed by atoms with Crippen molar-refractivity contribution in [3.63, 3.8) is 0 Å². The van der Waals surface area contributed by atoms with E-state index < -0.39 is 11.6 Å². The molecular weight excluding hydrogens is 274 g/mol. The van der Waals surface area contributed by atoms with Crippen LogP contribution in [0, 0.1) is 6.92 Å². The average molecular weight is 288 g/mol. The molecule has 0 saturated carbocycles. The Morgan fingerprint density at radius 3 is 2.75 bits per heavy atom. The predicted octanol–water partition coefficient (Wildman–Crippen LogP) is 2.01. The van der Waals surface area contributed by atoms with E-state index >= 15 is 0 Å². The van der Waals surface area contributed by atoms with E-state index in [0.29, 0.717) is 0 Å². The zero-order valence-corrected chi connectivity index (χ0v) is 10.7. The van der Waals surface area contributed by atoms with Crippen LogP contribution in [0.3, 0.4) is 0 Å². The van der Waals surface area contributed by atoms with Gasteiger partial charge in [-0.2, -0.15) is 0 Å². The Balaban J connectivity index is 2.75. The van der Waals surface area contributed by atoms with Gasteiger partial charge < -0.3 is 15.5 Å². The Kier molecular flexibility index (Phi) is 3.93. The first kappa shape index (κ1) is 13.0. The van der Waals surface area contributed by atoms with Gasteiger partial charge in [0.05, 0.1) is 6.54 Å². The number of hydrogen-bond donors (Lipinski definition) is 3. The number of anilines is 1. The van der Waals surface area contributed by atoms with Gasteiger partial charge in [-0.3, -0.25) is 0 Å². The van der Waals surface area contributed by atoms with Crippen LogP contribution in [-0.4, -0.2) is 28.3 Å². The first-order valence-electron chi connectivity index (χ1n) is 4.79. The van der Waals surface area contributed by atoms with Gasteiger partial charge in [-0.1, -0.05) is 22.0 Å². The highest BCUT2D eigenvalue weighted by atomic mass is 79.9. The van der Waals surface area contributed by atoms with Crippen molar-refractivity contribution in [3.05, 3.63) is 28.2 Å². The third-order valence-electron chi connectivity index (χ3n) is 2.28. The van der Waals surface area contributed by atoms with Crippen LogP contribution < -0.4 is 5.32 Å². The summed E-state index contributed by atoms with van der Waals surface area (Å²) < 4.78 is 0.899. The molecule has 0 aliphatic heterocycles. The molecule has 0 heterocycles. The summed E-state index contributed by atoms with van der Waals surface area (Å²) >= 11 is 3.33. The van der Waals surface area contributed by atoms with Crippen LogP contribution in [0.5, 0.6) is 0 Å². The van der Waals surface area contributed by atoms with Gasteiger partial charge in [-0.15, -0.1) is 0 Å². The molecule has 1 aromatic rings. The number of nitrogens with one attached hydrogen (secondary N) is 1. The molecule has 1 aromatic carbocycles. The quantitative estimate of drug-likeness (QED) is 0.792. The highest BCUT2D eigenvalue weighted by Gasteiger charge is 2.29. The van der Waals surface area contributed by atoms with Crippen LogP contribution in [0.4, 0.5) is 5.69 Å². The van der Waals surface area contributed by atoms with Crippen LogP contribution in [0.25, 0.3) is 0 Å². The monoisotopic (exact) mass is 287 g/mol. The SMILES string of the molecule is Cc1ccc(Br)cc1NCC(C)(O)C(=O)O. The maximum absolute atomic E-state index is 10.7. The van der Waals surface area contributed by atoms with Crippen molar-refractivity contribution in [3.8, 4) is 0 Å². The van der Waals surface area contributed by atoms with Gasteiger partial charge in [0.15, 0.2) is 5.60 Å². The summed E-state index contributed by atoms with van der Waals surface area (Å²) in [6.07, 6.45) is 0. The Bertz CT molecular complexity index is 404. The maximum atomic E-state index is 10.7. The molecule has 5 heteroatoms. The summed E-state index contributed by atoms with van der Waals surface area (Å²) in [4.78, 5) is 10.7. The van der Waals surface area contributed by atoms with Crippen molar-refractivity contribution < 1.29 is 15.0 Å². The lowest BCUT2D eigenvalue weighted by molar-refractivity contribution is -0.155. The molecule has 1 unspecified atom stereocenters. The summed E-state index contributed by atoms with van der Waals surface area (Å²) in [5, 5.41) is 21.2. The second-order valence-electron chi connectivity index (χ2n) is 3.89. The van der Waals surface area contributed by atoms with Gasteiger partial charge >= 0.3 is 5.97 Å². The smallest absolute Gasteiger partial charge is 0.337 e. The molecule has 0 bridgehead atoms. The number of rotatable bonds is 4. The summed E-state index contributed by atoms with van der Waals surface area (Å²) in [5.74, 6) is -1.24. The molecule has 0 amide bonds. The first-order valence-corrected chi connectivity index (χ1v) is 5.58. The average Bonchev–Trinajstić information content (AvgIpc) is 2.19. The minimum atomic E-state index is -1.77. The molecule has 1 rings (SSSR count). The van der Waals surface area contributed by atoms with Crippen LogP contribution in [0.2, 0.25) is 0 Å². The Labute approximate surface area is 102 Å². The van der Waals surface area contributed by atoms with E-state index in [9.17, 15) is 9.90 Å². The highest BCUT2D eigenvalue weighted by Crippen LogP contribution is 2.21. The highest BCUT2D eigenvalue weighted by molar-refractivity contribution is 9.10. The van der Waals surface area contributed by atoms with Gasteiger partial charge in [0.1, 0.15) is 0 Å². The lowest BCUT2D eigenvalue weighted by Crippen LogP contribution is -2.41. The summed E-state index contributed by atoms with van der Waals surface area (Å²) in [7, 11) is 0. The van der Waals surface area contributed by atoms with Crippen molar-refractivity contribution in [2.75, 3.05) is 11.9 Å². The predicted molar refractivity (Wildman–Crippen MR) is 65.6 cm³/mol. The summed E-state index contributed by atoms with van der Waals surface area (Å²) in [6, 6.07) is 5.64. The maximum Gasteiger partial charge on any atom is 0.337 e. The van der Waals surface area contributed by atoms with Crippen LogP contribution in [0.1, 0.15) is 12.5 Å². The van der Waals surface area contributed by atoms with E-state index in [0.717, 1.165) is 15.7 Å². The fourth-order valence-electron chi connectivity index (χ4n) is 1.13. The molecule has 0 saturated heterocycles. The summed E-state index contributed by atoms with van der Waals surface area (Å²) in [6.45, 7) is 3.12. The Morgan fingerprint density at radius 2 is 2.19 bits per heavy atom. The van der Waals surface area contributed by atoms with E-state index in [-0.39, 0.29) is 6.54 Å². The Morgan fingerprint density at radius 1 is 1.56 bits per heavy atom. The number of aliphatic hydroxyl groups is 1. The minimum Gasteiger partial charge on any atom is -0.479 e. The van der Waals surface area contributed by atoms with E-state index in [1.807, 2.05) is 25.1 Å². The van der Waals surface area contributed by atoms with Crippen molar-refractivity contribution in [1.82, 2.24) is 0 Å². The number of aliphatic carboxylic acids is 1. The lowest BCUT2D eigenvalue weighted by atomic mass is 10.1. The number of aryl methyl sites for hydroxylation is 1. The van der Waals surface area contributed by atoms with Gasteiger partial charge in [0.25, 0.3) is 0 Å². The van der Waals surface area contributed by atoms with Gasteiger partial charge in [0, 0.05) is 10.2 Å². The van der Waals surface area contributed by atoms with Crippen molar-refractivity contribution >= 4 is 27.6 Å². The first-order chi connectivity index (χ1) is 7.33. The normalized spacial score (nSPS) is 14.2. The molecule has 88 valence electrons.